The van der Waals surface area contributed by atoms with Crippen molar-refractivity contribution in [2.45, 2.75) is 13.3 Å². The molecule has 2 heterocycles. The minimum Gasteiger partial charge on any atom is -0.384 e. The first-order chi connectivity index (χ1) is 6.79. The second-order valence-corrected chi connectivity index (χ2v) is 2.95. The number of H-pyrrole nitrogens is 1. The third-order valence-corrected chi connectivity index (χ3v) is 1.92. The van der Waals surface area contributed by atoms with Gasteiger partial charge < -0.3 is 5.73 Å². The molecule has 2 rings (SSSR count). The van der Waals surface area contributed by atoms with E-state index in [2.05, 4.69) is 20.2 Å². The van der Waals surface area contributed by atoms with Crippen LogP contribution in [0.3, 0.4) is 0 Å². The smallest absolute Gasteiger partial charge is 0.164 e. The molecule has 0 fully saturated rings. The van der Waals surface area contributed by atoms with Gasteiger partial charge in [-0.05, 0) is 6.42 Å². The lowest BCUT2D eigenvalue weighted by Gasteiger charge is -2.01. The Morgan fingerprint density at radius 2 is 2.29 bits per heavy atom. The van der Waals surface area contributed by atoms with Crippen molar-refractivity contribution in [1.82, 2.24) is 20.2 Å². The molecule has 0 aliphatic rings. The number of hydrogen-bond donors (Lipinski definition) is 2. The lowest BCUT2D eigenvalue weighted by atomic mass is 10.3. The number of rotatable bonds is 2. The van der Waals surface area contributed by atoms with E-state index in [1.54, 1.807) is 18.5 Å². The highest BCUT2D eigenvalue weighted by Gasteiger charge is 2.04. The van der Waals surface area contributed by atoms with Gasteiger partial charge in [-0.15, -0.1) is 0 Å². The molecule has 0 aliphatic carbocycles. The molecule has 0 atom stereocenters. The summed E-state index contributed by atoms with van der Waals surface area (Å²) in [4.78, 5) is 8.47. The molecule has 0 saturated heterocycles. The minimum absolute atomic E-state index is 0.494. The number of nitrogens with one attached hydrogen (secondary N) is 1. The van der Waals surface area contributed by atoms with Gasteiger partial charge in [-0.3, -0.25) is 5.10 Å². The van der Waals surface area contributed by atoms with Gasteiger partial charge in [0.2, 0.25) is 0 Å². The van der Waals surface area contributed by atoms with Crippen LogP contribution in [-0.2, 0) is 6.42 Å². The predicted molar refractivity (Wildman–Crippen MR) is 53.4 cm³/mol. The molecule has 72 valence electrons. The fraction of sp³-hybridized carbons (Fsp3) is 0.222. The first-order valence-corrected chi connectivity index (χ1v) is 4.42. The number of aryl methyl sites for hydroxylation is 1. The third-order valence-electron chi connectivity index (χ3n) is 1.92. The Morgan fingerprint density at radius 1 is 1.43 bits per heavy atom. The number of aromatic nitrogens is 4. The van der Waals surface area contributed by atoms with Crippen LogP contribution < -0.4 is 5.73 Å². The fourth-order valence-corrected chi connectivity index (χ4v) is 1.20. The molecule has 2 aromatic rings. The van der Waals surface area contributed by atoms with Crippen LogP contribution in [0.2, 0.25) is 0 Å². The molecule has 0 spiro atoms. The van der Waals surface area contributed by atoms with E-state index in [-0.39, 0.29) is 0 Å². The Labute approximate surface area is 81.4 Å². The van der Waals surface area contributed by atoms with Crippen LogP contribution in [0.4, 0.5) is 5.82 Å². The molecule has 14 heavy (non-hydrogen) atoms. The highest BCUT2D eigenvalue weighted by molar-refractivity contribution is 5.54. The Hall–Kier alpha value is -1.91. The molecule has 5 heteroatoms. The number of nitrogens with zero attached hydrogens (tertiary/aromatic N) is 3. The molecule has 2 aromatic heterocycles. The van der Waals surface area contributed by atoms with Gasteiger partial charge in [0.1, 0.15) is 5.82 Å². The third kappa shape index (κ3) is 1.56. The van der Waals surface area contributed by atoms with E-state index in [1.807, 2.05) is 6.92 Å². The van der Waals surface area contributed by atoms with E-state index >= 15 is 0 Å². The topological polar surface area (TPSA) is 80.5 Å². The molecule has 3 N–H and O–H groups in total. The van der Waals surface area contributed by atoms with Gasteiger partial charge in [0.15, 0.2) is 5.82 Å². The average Bonchev–Trinajstić information content (AvgIpc) is 2.69. The monoisotopic (exact) mass is 189 g/mol. The summed E-state index contributed by atoms with van der Waals surface area (Å²) in [5.41, 5.74) is 7.45. The summed E-state index contributed by atoms with van der Waals surface area (Å²) >= 11 is 0. The van der Waals surface area contributed by atoms with Crippen molar-refractivity contribution >= 4 is 5.82 Å². The normalized spacial score (nSPS) is 10.4. The van der Waals surface area contributed by atoms with E-state index in [4.69, 9.17) is 5.73 Å². The van der Waals surface area contributed by atoms with Gasteiger partial charge in [0.05, 0.1) is 11.8 Å². The summed E-state index contributed by atoms with van der Waals surface area (Å²) < 4.78 is 0. The van der Waals surface area contributed by atoms with Gasteiger partial charge >= 0.3 is 0 Å². The van der Waals surface area contributed by atoms with Gasteiger partial charge in [-0.2, -0.15) is 5.10 Å². The molecule has 0 radical (unpaired) electrons. The molecule has 0 aliphatic heterocycles. The molecule has 5 nitrogen and oxygen atoms in total. The SMILES string of the molecule is CCc1cc(N)nc(-c2cn[nH]c2)n1. The second-order valence-electron chi connectivity index (χ2n) is 2.95. The second kappa shape index (κ2) is 3.45. The van der Waals surface area contributed by atoms with Gasteiger partial charge in [0.25, 0.3) is 0 Å². The van der Waals surface area contributed by atoms with Crippen molar-refractivity contribution in [3.63, 3.8) is 0 Å². The van der Waals surface area contributed by atoms with Crippen molar-refractivity contribution < 1.29 is 0 Å². The number of anilines is 1. The predicted octanol–water partition coefficient (Wildman–Crippen LogP) is 1.01. The van der Waals surface area contributed by atoms with Gasteiger partial charge in [-0.1, -0.05) is 6.92 Å². The zero-order valence-electron chi connectivity index (χ0n) is 7.86. The summed E-state index contributed by atoms with van der Waals surface area (Å²) in [6, 6.07) is 1.78. The average molecular weight is 189 g/mol. The summed E-state index contributed by atoms with van der Waals surface area (Å²) in [5.74, 6) is 1.11. The van der Waals surface area contributed by atoms with Gasteiger partial charge in [-0.25, -0.2) is 9.97 Å². The van der Waals surface area contributed by atoms with E-state index < -0.39 is 0 Å². The summed E-state index contributed by atoms with van der Waals surface area (Å²) in [6.07, 6.45) is 4.26. The lowest BCUT2D eigenvalue weighted by molar-refractivity contribution is 1.01. The number of hydrogen-bond acceptors (Lipinski definition) is 4. The van der Waals surface area contributed by atoms with E-state index in [1.165, 1.54) is 0 Å². The first-order valence-electron chi connectivity index (χ1n) is 4.42. The molecule has 0 amide bonds. The van der Waals surface area contributed by atoms with Crippen LogP contribution in [0.15, 0.2) is 18.5 Å². The lowest BCUT2D eigenvalue weighted by Crippen LogP contribution is -1.98. The van der Waals surface area contributed by atoms with E-state index in [0.29, 0.717) is 11.6 Å². The van der Waals surface area contributed by atoms with Crippen molar-refractivity contribution in [1.29, 1.82) is 0 Å². The van der Waals surface area contributed by atoms with Crippen molar-refractivity contribution in [2.24, 2.45) is 0 Å². The quantitative estimate of drug-likeness (QED) is 0.738. The van der Waals surface area contributed by atoms with Crippen LogP contribution in [-0.4, -0.2) is 20.2 Å². The number of nitrogen functional groups attached to an aromatic ring is 1. The van der Waals surface area contributed by atoms with Crippen LogP contribution in [0.1, 0.15) is 12.6 Å². The zero-order valence-corrected chi connectivity index (χ0v) is 7.86. The van der Waals surface area contributed by atoms with Crippen molar-refractivity contribution in [3.8, 4) is 11.4 Å². The Bertz CT molecular complexity index is 421. The largest absolute Gasteiger partial charge is 0.384 e. The Morgan fingerprint density at radius 3 is 2.93 bits per heavy atom. The fourth-order valence-electron chi connectivity index (χ4n) is 1.20. The van der Waals surface area contributed by atoms with E-state index in [9.17, 15) is 0 Å². The first kappa shape index (κ1) is 8.68. The number of aromatic amines is 1. The summed E-state index contributed by atoms with van der Waals surface area (Å²) in [7, 11) is 0. The Balaban J connectivity index is 2.48. The minimum atomic E-state index is 0.494. The molecule has 0 saturated carbocycles. The highest BCUT2D eigenvalue weighted by Crippen LogP contribution is 2.14. The van der Waals surface area contributed by atoms with Crippen LogP contribution in [0.25, 0.3) is 11.4 Å². The van der Waals surface area contributed by atoms with Crippen LogP contribution in [0.5, 0.6) is 0 Å². The van der Waals surface area contributed by atoms with Crippen molar-refractivity contribution in [2.75, 3.05) is 5.73 Å². The summed E-state index contributed by atoms with van der Waals surface area (Å²) in [6.45, 7) is 2.03. The maximum Gasteiger partial charge on any atom is 0.164 e. The Kier molecular flexibility index (Phi) is 2.14. The molecular formula is C9H11N5. The van der Waals surface area contributed by atoms with Crippen LogP contribution in [0, 0.1) is 0 Å². The summed E-state index contributed by atoms with van der Waals surface area (Å²) in [5, 5.41) is 6.55. The van der Waals surface area contributed by atoms with Crippen LogP contribution >= 0.6 is 0 Å². The van der Waals surface area contributed by atoms with Gasteiger partial charge in [0, 0.05) is 18.0 Å². The maximum absolute atomic E-state index is 5.66. The molecule has 0 unspecified atom stereocenters. The van der Waals surface area contributed by atoms with Crippen molar-refractivity contribution in [3.05, 3.63) is 24.2 Å². The zero-order chi connectivity index (χ0) is 9.97. The molecular weight excluding hydrogens is 178 g/mol. The number of nitrogens with two attached hydrogens (primary N) is 1. The maximum atomic E-state index is 5.66. The highest BCUT2D eigenvalue weighted by atomic mass is 15.1. The van der Waals surface area contributed by atoms with E-state index in [0.717, 1.165) is 17.7 Å². The standard InChI is InChI=1S/C9H11N5/c1-2-7-3-8(10)14-9(13-7)6-4-11-12-5-6/h3-5H,2H2,1H3,(H,11,12)(H2,10,13,14). The molecule has 0 bridgehead atoms. The molecule has 0 aromatic carbocycles.